The Kier molecular flexibility index (Phi) is 7.05. The first-order valence-corrected chi connectivity index (χ1v) is 6.22. The van der Waals surface area contributed by atoms with Crippen molar-refractivity contribution in [3.05, 3.63) is 48.6 Å². The van der Waals surface area contributed by atoms with Gasteiger partial charge in [0.1, 0.15) is 0 Å². The number of anilines is 1. The normalized spacial score (nSPS) is 10.5. The maximum Gasteiger partial charge on any atom is 0.244 e. The van der Waals surface area contributed by atoms with Crippen molar-refractivity contribution in [1.29, 1.82) is 0 Å². The van der Waals surface area contributed by atoms with Crippen LogP contribution in [0.4, 0.5) is 5.69 Å². The average molecular weight is 260 g/mol. The zero-order chi connectivity index (χ0) is 13.9. The molecule has 0 saturated carbocycles. The number of nitrogens with two attached hydrogens (primary N) is 1. The van der Waals surface area contributed by atoms with Gasteiger partial charge in [-0.3, -0.25) is 4.79 Å². The van der Waals surface area contributed by atoms with E-state index in [2.05, 4.69) is 11.9 Å². The van der Waals surface area contributed by atoms with Gasteiger partial charge in [0.05, 0.1) is 13.2 Å². The van der Waals surface area contributed by atoms with Crippen molar-refractivity contribution in [2.75, 3.05) is 25.5 Å². The van der Waals surface area contributed by atoms with E-state index in [1.807, 2.05) is 18.2 Å². The Labute approximate surface area is 114 Å². The average Bonchev–Trinajstić information content (AvgIpc) is 2.40. The SMILES string of the molecule is C=CCCOCCNC(=O)/C=C/c1cccc(N)c1. The van der Waals surface area contributed by atoms with Gasteiger partial charge in [-0.25, -0.2) is 0 Å². The molecule has 0 aliphatic heterocycles. The molecule has 0 unspecified atom stereocenters. The molecule has 0 aliphatic carbocycles. The zero-order valence-corrected chi connectivity index (χ0v) is 11.0. The number of nitrogen functional groups attached to an aromatic ring is 1. The molecule has 0 fully saturated rings. The van der Waals surface area contributed by atoms with E-state index >= 15 is 0 Å². The van der Waals surface area contributed by atoms with Crippen LogP contribution in [-0.4, -0.2) is 25.7 Å². The van der Waals surface area contributed by atoms with Crippen LogP contribution in [0, 0.1) is 0 Å². The molecule has 19 heavy (non-hydrogen) atoms. The van der Waals surface area contributed by atoms with Crippen molar-refractivity contribution in [2.24, 2.45) is 0 Å². The van der Waals surface area contributed by atoms with Crippen LogP contribution in [0.15, 0.2) is 43.0 Å². The number of rotatable bonds is 8. The van der Waals surface area contributed by atoms with Crippen LogP contribution in [0.5, 0.6) is 0 Å². The molecule has 0 atom stereocenters. The number of amides is 1. The van der Waals surface area contributed by atoms with Gasteiger partial charge in [0.15, 0.2) is 0 Å². The van der Waals surface area contributed by atoms with Gasteiger partial charge in [-0.2, -0.15) is 0 Å². The lowest BCUT2D eigenvalue weighted by Gasteiger charge is -2.03. The van der Waals surface area contributed by atoms with Crippen LogP contribution in [0.1, 0.15) is 12.0 Å². The predicted octanol–water partition coefficient (Wildman–Crippen LogP) is 1.99. The van der Waals surface area contributed by atoms with Gasteiger partial charge < -0.3 is 15.8 Å². The van der Waals surface area contributed by atoms with E-state index < -0.39 is 0 Å². The van der Waals surface area contributed by atoms with Gasteiger partial charge in [-0.05, 0) is 30.2 Å². The lowest BCUT2D eigenvalue weighted by Crippen LogP contribution is -2.25. The molecule has 0 saturated heterocycles. The van der Waals surface area contributed by atoms with Gasteiger partial charge in [-0.1, -0.05) is 18.2 Å². The molecule has 1 aromatic carbocycles. The van der Waals surface area contributed by atoms with Crippen molar-refractivity contribution in [3.63, 3.8) is 0 Å². The summed E-state index contributed by atoms with van der Waals surface area (Å²) in [6.45, 7) is 5.24. The third kappa shape index (κ3) is 7.06. The second-order valence-corrected chi connectivity index (χ2v) is 3.98. The monoisotopic (exact) mass is 260 g/mol. The number of hydrogen-bond acceptors (Lipinski definition) is 3. The molecular weight excluding hydrogens is 240 g/mol. The van der Waals surface area contributed by atoms with Crippen LogP contribution in [0.3, 0.4) is 0 Å². The minimum absolute atomic E-state index is 0.144. The quantitative estimate of drug-likeness (QED) is 0.325. The van der Waals surface area contributed by atoms with Crippen molar-refractivity contribution in [2.45, 2.75) is 6.42 Å². The van der Waals surface area contributed by atoms with Gasteiger partial charge in [0, 0.05) is 18.3 Å². The molecule has 1 rings (SSSR count). The van der Waals surface area contributed by atoms with Crippen molar-refractivity contribution in [3.8, 4) is 0 Å². The van der Waals surface area contributed by atoms with Crippen LogP contribution in [0.25, 0.3) is 6.08 Å². The Morgan fingerprint density at radius 2 is 2.26 bits per heavy atom. The van der Waals surface area contributed by atoms with E-state index in [-0.39, 0.29) is 5.91 Å². The van der Waals surface area contributed by atoms with Crippen LogP contribution in [0.2, 0.25) is 0 Å². The van der Waals surface area contributed by atoms with Crippen molar-refractivity contribution < 1.29 is 9.53 Å². The number of benzene rings is 1. The molecule has 1 amide bonds. The van der Waals surface area contributed by atoms with E-state index in [0.717, 1.165) is 12.0 Å². The highest BCUT2D eigenvalue weighted by atomic mass is 16.5. The summed E-state index contributed by atoms with van der Waals surface area (Å²) < 4.78 is 5.28. The number of carbonyl (C=O) groups is 1. The fourth-order valence-corrected chi connectivity index (χ4v) is 1.41. The first-order valence-electron chi connectivity index (χ1n) is 6.22. The second-order valence-electron chi connectivity index (χ2n) is 3.98. The summed E-state index contributed by atoms with van der Waals surface area (Å²) in [5.41, 5.74) is 7.22. The Bertz CT molecular complexity index is 442. The Morgan fingerprint density at radius 3 is 3.00 bits per heavy atom. The summed E-state index contributed by atoms with van der Waals surface area (Å²) >= 11 is 0. The second kappa shape index (κ2) is 8.94. The Balaban J connectivity index is 2.22. The van der Waals surface area contributed by atoms with E-state index in [1.54, 1.807) is 18.2 Å². The van der Waals surface area contributed by atoms with E-state index in [4.69, 9.17) is 10.5 Å². The smallest absolute Gasteiger partial charge is 0.244 e. The topological polar surface area (TPSA) is 64.3 Å². The maximum atomic E-state index is 11.5. The van der Waals surface area contributed by atoms with E-state index in [9.17, 15) is 4.79 Å². The summed E-state index contributed by atoms with van der Waals surface area (Å²) in [6.07, 6.45) is 5.83. The first-order chi connectivity index (χ1) is 9.22. The highest BCUT2D eigenvalue weighted by Gasteiger charge is 1.95. The summed E-state index contributed by atoms with van der Waals surface area (Å²) in [4.78, 5) is 11.5. The molecule has 3 N–H and O–H groups in total. The van der Waals surface area contributed by atoms with Crippen LogP contribution < -0.4 is 11.1 Å². The molecule has 0 radical (unpaired) electrons. The molecule has 0 bridgehead atoms. The molecule has 0 aliphatic rings. The molecule has 4 heteroatoms. The van der Waals surface area contributed by atoms with E-state index in [0.29, 0.717) is 25.4 Å². The van der Waals surface area contributed by atoms with Gasteiger partial charge in [-0.15, -0.1) is 6.58 Å². The minimum atomic E-state index is -0.144. The van der Waals surface area contributed by atoms with Crippen molar-refractivity contribution >= 4 is 17.7 Å². The third-order valence-corrected chi connectivity index (χ3v) is 2.35. The highest BCUT2D eigenvalue weighted by Crippen LogP contribution is 2.07. The maximum absolute atomic E-state index is 11.5. The number of hydrogen-bond donors (Lipinski definition) is 2. The standard InChI is InChI=1S/C15H20N2O2/c1-2-3-10-19-11-9-17-15(18)8-7-13-5-4-6-14(16)12-13/h2,4-8,12H,1,3,9-11,16H2,(H,17,18)/b8-7+. The Morgan fingerprint density at radius 1 is 1.42 bits per heavy atom. The number of ether oxygens (including phenoxy) is 1. The van der Waals surface area contributed by atoms with Crippen LogP contribution in [-0.2, 0) is 9.53 Å². The van der Waals surface area contributed by atoms with Gasteiger partial charge >= 0.3 is 0 Å². The largest absolute Gasteiger partial charge is 0.399 e. The van der Waals surface area contributed by atoms with Gasteiger partial charge in [0.2, 0.25) is 5.91 Å². The summed E-state index contributed by atoms with van der Waals surface area (Å²) in [7, 11) is 0. The number of nitrogens with one attached hydrogen (secondary N) is 1. The predicted molar refractivity (Wildman–Crippen MR) is 78.5 cm³/mol. The zero-order valence-electron chi connectivity index (χ0n) is 11.0. The fraction of sp³-hybridized carbons (Fsp3) is 0.267. The lowest BCUT2D eigenvalue weighted by molar-refractivity contribution is -0.116. The molecule has 0 spiro atoms. The number of carbonyl (C=O) groups excluding carboxylic acids is 1. The molecular formula is C15H20N2O2. The molecule has 1 aromatic rings. The summed E-state index contributed by atoms with van der Waals surface area (Å²) in [5.74, 6) is -0.144. The van der Waals surface area contributed by atoms with Crippen molar-refractivity contribution in [1.82, 2.24) is 5.32 Å². The molecule has 0 heterocycles. The summed E-state index contributed by atoms with van der Waals surface area (Å²) in [5, 5.41) is 2.74. The summed E-state index contributed by atoms with van der Waals surface area (Å²) in [6, 6.07) is 7.35. The lowest BCUT2D eigenvalue weighted by atomic mass is 10.2. The van der Waals surface area contributed by atoms with Crippen LogP contribution >= 0.6 is 0 Å². The molecule has 102 valence electrons. The highest BCUT2D eigenvalue weighted by molar-refractivity contribution is 5.91. The minimum Gasteiger partial charge on any atom is -0.399 e. The fourth-order valence-electron chi connectivity index (χ4n) is 1.41. The first kappa shape index (κ1) is 15.0. The molecule has 4 nitrogen and oxygen atoms in total. The molecule has 0 aromatic heterocycles. The van der Waals surface area contributed by atoms with Gasteiger partial charge in [0.25, 0.3) is 0 Å². The van der Waals surface area contributed by atoms with E-state index in [1.165, 1.54) is 6.08 Å². The Hall–Kier alpha value is -2.07. The third-order valence-electron chi connectivity index (χ3n) is 2.35.